The van der Waals surface area contributed by atoms with Crippen LogP contribution >= 0.6 is 0 Å². The van der Waals surface area contributed by atoms with Crippen molar-refractivity contribution in [2.24, 2.45) is 0 Å². The largest absolute Gasteiger partial charge is 0.463 e. The number of hydrogen-bond donors (Lipinski definition) is 1. The molecule has 1 fully saturated rings. The zero-order valence-electron chi connectivity index (χ0n) is 13.2. The second-order valence-corrected chi connectivity index (χ2v) is 5.55. The molecule has 1 aliphatic rings. The van der Waals surface area contributed by atoms with Crippen molar-refractivity contribution in [1.29, 1.82) is 0 Å². The van der Waals surface area contributed by atoms with Gasteiger partial charge in [0, 0.05) is 25.2 Å². The molecule has 0 saturated carbocycles. The fraction of sp³-hybridized carbons (Fsp3) is 0.353. The van der Waals surface area contributed by atoms with E-state index in [1.807, 2.05) is 43.3 Å². The Morgan fingerprint density at radius 3 is 2.83 bits per heavy atom. The number of esters is 1. The monoisotopic (exact) mass is 312 g/mol. The Labute approximate surface area is 135 Å². The van der Waals surface area contributed by atoms with E-state index in [2.05, 4.69) is 20.4 Å². The summed E-state index contributed by atoms with van der Waals surface area (Å²) in [5.74, 6) is 0.628. The number of aromatic nitrogens is 2. The van der Waals surface area contributed by atoms with E-state index < -0.39 is 0 Å². The highest BCUT2D eigenvalue weighted by molar-refractivity contribution is 5.72. The van der Waals surface area contributed by atoms with E-state index in [1.54, 1.807) is 0 Å². The number of anilines is 1. The van der Waals surface area contributed by atoms with Crippen LogP contribution in [0.25, 0.3) is 11.3 Å². The van der Waals surface area contributed by atoms with Gasteiger partial charge in [0.2, 0.25) is 0 Å². The number of benzene rings is 1. The van der Waals surface area contributed by atoms with Crippen molar-refractivity contribution in [2.45, 2.75) is 6.92 Å². The van der Waals surface area contributed by atoms with Crippen molar-refractivity contribution < 1.29 is 9.53 Å². The Bertz CT molecular complexity index is 676. The molecule has 6 heteroatoms. The van der Waals surface area contributed by atoms with E-state index in [0.29, 0.717) is 19.7 Å². The summed E-state index contributed by atoms with van der Waals surface area (Å²) in [6.45, 7) is 5.12. The zero-order chi connectivity index (χ0) is 16.1. The summed E-state index contributed by atoms with van der Waals surface area (Å²) in [6.07, 6.45) is 0. The summed E-state index contributed by atoms with van der Waals surface area (Å²) in [5.41, 5.74) is 2.98. The molecule has 0 amide bonds. The highest BCUT2D eigenvalue weighted by Crippen LogP contribution is 2.19. The first-order valence-corrected chi connectivity index (χ1v) is 7.74. The summed E-state index contributed by atoms with van der Waals surface area (Å²) in [5, 5.41) is 11.9. The van der Waals surface area contributed by atoms with Crippen molar-refractivity contribution in [3.8, 4) is 11.3 Å². The second-order valence-electron chi connectivity index (χ2n) is 5.55. The number of carbonyl (C=O) groups is 1. The molecule has 120 valence electrons. The Morgan fingerprint density at radius 1 is 1.26 bits per heavy atom. The van der Waals surface area contributed by atoms with Crippen LogP contribution in [0.1, 0.15) is 5.56 Å². The molecule has 0 atom stereocenters. The second kappa shape index (κ2) is 7.19. The van der Waals surface area contributed by atoms with Gasteiger partial charge in [0.15, 0.2) is 5.82 Å². The lowest BCUT2D eigenvalue weighted by molar-refractivity contribution is -0.150. The summed E-state index contributed by atoms with van der Waals surface area (Å²) in [4.78, 5) is 13.3. The van der Waals surface area contributed by atoms with Gasteiger partial charge in [-0.25, -0.2) is 0 Å². The summed E-state index contributed by atoms with van der Waals surface area (Å²) in [6, 6.07) is 12.0. The fourth-order valence-electron chi connectivity index (χ4n) is 2.53. The van der Waals surface area contributed by atoms with Gasteiger partial charge in [0.25, 0.3) is 0 Å². The highest BCUT2D eigenvalue weighted by Gasteiger charge is 2.17. The molecule has 0 radical (unpaired) electrons. The van der Waals surface area contributed by atoms with Gasteiger partial charge in [-0.2, -0.15) is 0 Å². The third-order valence-electron chi connectivity index (χ3n) is 3.80. The maximum absolute atomic E-state index is 11.2. The molecule has 0 spiro atoms. The molecular formula is C17H20N4O2. The Kier molecular flexibility index (Phi) is 4.83. The first kappa shape index (κ1) is 15.4. The normalized spacial score (nSPS) is 15.3. The van der Waals surface area contributed by atoms with Gasteiger partial charge in [-0.15, -0.1) is 10.2 Å². The minimum absolute atomic E-state index is 0.153. The maximum atomic E-state index is 11.2. The predicted octanol–water partition coefficient (Wildman–Crippen LogP) is 1.72. The number of carbonyl (C=O) groups excluding carboxylic acids is 1. The molecule has 1 aromatic heterocycles. The van der Waals surface area contributed by atoms with Crippen LogP contribution in [0, 0.1) is 6.92 Å². The quantitative estimate of drug-likeness (QED) is 0.848. The number of nitrogens with zero attached hydrogens (tertiary/aromatic N) is 3. The molecule has 23 heavy (non-hydrogen) atoms. The van der Waals surface area contributed by atoms with E-state index in [-0.39, 0.29) is 5.97 Å². The molecule has 6 nitrogen and oxygen atoms in total. The highest BCUT2D eigenvalue weighted by atomic mass is 16.5. The van der Waals surface area contributed by atoms with Crippen LogP contribution < -0.4 is 5.32 Å². The number of morpholine rings is 1. The van der Waals surface area contributed by atoms with Crippen LogP contribution in [0.3, 0.4) is 0 Å². The predicted molar refractivity (Wildman–Crippen MR) is 88.1 cm³/mol. The Morgan fingerprint density at radius 2 is 2.09 bits per heavy atom. The molecule has 1 aliphatic heterocycles. The minimum atomic E-state index is -0.153. The van der Waals surface area contributed by atoms with Gasteiger partial charge in [-0.1, -0.05) is 30.3 Å². The van der Waals surface area contributed by atoms with E-state index >= 15 is 0 Å². The van der Waals surface area contributed by atoms with Crippen molar-refractivity contribution in [1.82, 2.24) is 15.1 Å². The summed E-state index contributed by atoms with van der Waals surface area (Å²) >= 11 is 0. The molecule has 2 aromatic rings. The Hall–Kier alpha value is -2.47. The number of hydrogen-bond acceptors (Lipinski definition) is 6. The van der Waals surface area contributed by atoms with Crippen LogP contribution in [0.5, 0.6) is 0 Å². The first-order chi connectivity index (χ1) is 11.2. The molecule has 2 heterocycles. The lowest BCUT2D eigenvalue weighted by Crippen LogP contribution is -2.41. The topological polar surface area (TPSA) is 67.3 Å². The number of aryl methyl sites for hydroxylation is 1. The van der Waals surface area contributed by atoms with Gasteiger partial charge in [0.1, 0.15) is 6.61 Å². The average Bonchev–Trinajstić information content (AvgIpc) is 2.57. The minimum Gasteiger partial charge on any atom is -0.463 e. The molecule has 0 aliphatic carbocycles. The Balaban J connectivity index is 1.57. The van der Waals surface area contributed by atoms with Crippen LogP contribution in [0.15, 0.2) is 36.4 Å². The third-order valence-corrected chi connectivity index (χ3v) is 3.80. The molecule has 0 bridgehead atoms. The van der Waals surface area contributed by atoms with Crippen LogP contribution in [0.2, 0.25) is 0 Å². The number of nitrogens with one attached hydrogen (secondary N) is 1. The van der Waals surface area contributed by atoms with Gasteiger partial charge in [-0.05, 0) is 18.6 Å². The number of cyclic esters (lactones) is 1. The van der Waals surface area contributed by atoms with Crippen molar-refractivity contribution in [3.05, 3.63) is 42.0 Å². The van der Waals surface area contributed by atoms with Gasteiger partial charge >= 0.3 is 5.97 Å². The first-order valence-electron chi connectivity index (χ1n) is 7.74. The van der Waals surface area contributed by atoms with E-state index in [4.69, 9.17) is 4.74 Å². The summed E-state index contributed by atoms with van der Waals surface area (Å²) in [7, 11) is 0. The lowest BCUT2D eigenvalue weighted by Gasteiger charge is -2.25. The lowest BCUT2D eigenvalue weighted by atomic mass is 10.1. The van der Waals surface area contributed by atoms with E-state index in [9.17, 15) is 4.79 Å². The zero-order valence-corrected chi connectivity index (χ0v) is 13.2. The molecular weight excluding hydrogens is 292 g/mol. The van der Waals surface area contributed by atoms with Gasteiger partial charge in [-0.3, -0.25) is 9.69 Å². The van der Waals surface area contributed by atoms with Crippen LogP contribution in [-0.4, -0.2) is 53.9 Å². The molecule has 1 N–H and O–H groups in total. The van der Waals surface area contributed by atoms with Crippen molar-refractivity contribution >= 4 is 11.8 Å². The maximum Gasteiger partial charge on any atom is 0.320 e. The molecule has 3 rings (SSSR count). The SMILES string of the molecule is Cc1cc(-c2ccccc2)nnc1NCCN1CCOC(=O)C1. The smallest absolute Gasteiger partial charge is 0.320 e. The molecule has 1 aromatic carbocycles. The van der Waals surface area contributed by atoms with Crippen molar-refractivity contribution in [2.75, 3.05) is 38.1 Å². The van der Waals surface area contributed by atoms with Crippen LogP contribution in [-0.2, 0) is 9.53 Å². The van der Waals surface area contributed by atoms with Crippen LogP contribution in [0.4, 0.5) is 5.82 Å². The van der Waals surface area contributed by atoms with Gasteiger partial charge < -0.3 is 10.1 Å². The molecule has 1 saturated heterocycles. The fourth-order valence-corrected chi connectivity index (χ4v) is 2.53. The van der Waals surface area contributed by atoms with Gasteiger partial charge in [0.05, 0.1) is 12.2 Å². The third kappa shape index (κ3) is 4.04. The van der Waals surface area contributed by atoms with E-state index in [0.717, 1.165) is 35.7 Å². The molecule has 0 unspecified atom stereocenters. The van der Waals surface area contributed by atoms with E-state index in [1.165, 1.54) is 0 Å². The number of ether oxygens (including phenoxy) is 1. The standard InChI is InChI=1S/C17H20N4O2/c1-13-11-15(14-5-3-2-4-6-14)19-20-17(13)18-7-8-21-9-10-23-16(22)12-21/h2-6,11H,7-10,12H2,1H3,(H,18,20). The number of rotatable bonds is 5. The van der Waals surface area contributed by atoms with Crippen molar-refractivity contribution in [3.63, 3.8) is 0 Å². The average molecular weight is 312 g/mol. The summed E-state index contributed by atoms with van der Waals surface area (Å²) < 4.78 is 4.92.